The van der Waals surface area contributed by atoms with E-state index in [-0.39, 0.29) is 5.56 Å². The Morgan fingerprint density at radius 3 is 2.57 bits per heavy atom. The van der Waals surface area contributed by atoms with Crippen LogP contribution in [0.1, 0.15) is 10.9 Å². The summed E-state index contributed by atoms with van der Waals surface area (Å²) < 4.78 is 12.7. The maximum Gasteiger partial charge on any atom is 0.374 e. The van der Waals surface area contributed by atoms with Crippen LogP contribution in [0.3, 0.4) is 0 Å². The summed E-state index contributed by atoms with van der Waals surface area (Å²) in [5, 5.41) is 7.01. The van der Waals surface area contributed by atoms with Crippen LogP contribution in [0, 0.1) is 5.82 Å². The number of Topliss-reactive ketones (excluding diaryl/α,β-unsaturated/α-hetero) is 1. The highest BCUT2D eigenvalue weighted by atomic mass is 35.5. The predicted molar refractivity (Wildman–Crippen MR) is 47.6 cm³/mol. The number of hydrogen-bond donors (Lipinski definition) is 1. The van der Waals surface area contributed by atoms with Crippen LogP contribution in [0.5, 0.6) is 0 Å². The lowest BCUT2D eigenvalue weighted by Crippen LogP contribution is -2.17. The van der Waals surface area contributed by atoms with Crippen molar-refractivity contribution >= 4 is 23.4 Å². The number of carbonyl (C=O) groups is 2. The average Bonchev–Trinajstić information content (AvgIpc) is 2.15. The molecule has 14 heavy (non-hydrogen) atoms. The number of hydrogen-bond acceptors (Lipinski definition) is 2. The van der Waals surface area contributed by atoms with Crippen molar-refractivity contribution in [2.75, 3.05) is 0 Å². The van der Waals surface area contributed by atoms with Crippen LogP contribution in [0.25, 0.3) is 0 Å². The lowest BCUT2D eigenvalue weighted by Gasteiger charge is -2.04. The Morgan fingerprint density at radius 1 is 1.43 bits per heavy atom. The maximum absolute atomic E-state index is 12.7. The standard InChI is InChI=1S/C9H6ClFO3/c10-7(8(12)9(13)14)5-2-1-3-6(11)4-5/h1-4,7H,(H,13,14). The first-order valence-electron chi connectivity index (χ1n) is 3.69. The Morgan fingerprint density at radius 2 is 2.07 bits per heavy atom. The van der Waals surface area contributed by atoms with E-state index in [1.165, 1.54) is 18.2 Å². The van der Waals surface area contributed by atoms with Crippen molar-refractivity contribution in [3.63, 3.8) is 0 Å². The normalized spacial score (nSPS) is 12.1. The molecule has 0 aliphatic rings. The fourth-order valence-electron chi connectivity index (χ4n) is 0.924. The Balaban J connectivity index is 2.95. The molecule has 1 aromatic rings. The number of aliphatic carboxylic acids is 1. The Labute approximate surface area is 84.1 Å². The molecule has 1 atom stereocenters. The van der Waals surface area contributed by atoms with Crippen LogP contribution >= 0.6 is 11.6 Å². The zero-order valence-corrected chi connectivity index (χ0v) is 7.66. The lowest BCUT2D eigenvalue weighted by molar-refractivity contribution is -0.148. The zero-order valence-electron chi connectivity index (χ0n) is 6.91. The molecule has 0 radical (unpaired) electrons. The molecule has 0 aliphatic carbocycles. The molecule has 1 N–H and O–H groups in total. The van der Waals surface area contributed by atoms with Crippen LogP contribution < -0.4 is 0 Å². The maximum atomic E-state index is 12.7. The number of carboxylic acid groups (broad SMARTS) is 1. The van der Waals surface area contributed by atoms with Crippen LogP contribution in [0.15, 0.2) is 24.3 Å². The summed E-state index contributed by atoms with van der Waals surface area (Å²) in [4.78, 5) is 21.2. The fraction of sp³-hybridized carbons (Fsp3) is 0.111. The van der Waals surface area contributed by atoms with Gasteiger partial charge in [0.15, 0.2) is 0 Å². The molecule has 5 heteroatoms. The molecule has 1 aromatic carbocycles. The molecule has 0 spiro atoms. The summed E-state index contributed by atoms with van der Waals surface area (Å²) in [6, 6.07) is 4.95. The van der Waals surface area contributed by atoms with Crippen molar-refractivity contribution < 1.29 is 19.1 Å². The monoisotopic (exact) mass is 216 g/mol. The third-order valence-corrected chi connectivity index (χ3v) is 2.03. The van der Waals surface area contributed by atoms with Gasteiger partial charge in [0.1, 0.15) is 11.2 Å². The molecule has 74 valence electrons. The van der Waals surface area contributed by atoms with E-state index in [0.29, 0.717) is 0 Å². The molecule has 0 fully saturated rings. The molecule has 0 saturated carbocycles. The van der Waals surface area contributed by atoms with Crippen molar-refractivity contribution in [1.29, 1.82) is 0 Å². The van der Waals surface area contributed by atoms with Crippen LogP contribution in [-0.2, 0) is 9.59 Å². The van der Waals surface area contributed by atoms with Gasteiger partial charge in [0.05, 0.1) is 0 Å². The van der Waals surface area contributed by atoms with E-state index in [0.717, 1.165) is 6.07 Å². The molecule has 1 rings (SSSR count). The number of ketones is 1. The van der Waals surface area contributed by atoms with Gasteiger partial charge in [0.2, 0.25) is 0 Å². The number of rotatable bonds is 3. The van der Waals surface area contributed by atoms with E-state index < -0.39 is 22.9 Å². The number of carbonyl (C=O) groups excluding carboxylic acids is 1. The Kier molecular flexibility index (Phi) is 3.19. The van der Waals surface area contributed by atoms with Gasteiger partial charge in [-0.1, -0.05) is 12.1 Å². The third kappa shape index (κ3) is 2.29. The van der Waals surface area contributed by atoms with Crippen LogP contribution in [-0.4, -0.2) is 16.9 Å². The van der Waals surface area contributed by atoms with Gasteiger partial charge in [-0.15, -0.1) is 11.6 Å². The molecular weight excluding hydrogens is 211 g/mol. The number of benzene rings is 1. The molecule has 0 aromatic heterocycles. The Bertz CT molecular complexity index is 378. The summed E-state index contributed by atoms with van der Waals surface area (Å²) in [6.45, 7) is 0. The van der Waals surface area contributed by atoms with E-state index in [2.05, 4.69) is 0 Å². The van der Waals surface area contributed by atoms with Gasteiger partial charge >= 0.3 is 5.97 Å². The largest absolute Gasteiger partial charge is 0.475 e. The summed E-state index contributed by atoms with van der Waals surface area (Å²) in [5.74, 6) is -3.36. The van der Waals surface area contributed by atoms with Crippen molar-refractivity contribution in [2.24, 2.45) is 0 Å². The topological polar surface area (TPSA) is 54.4 Å². The first-order chi connectivity index (χ1) is 6.52. The summed E-state index contributed by atoms with van der Waals surface area (Å²) in [5.41, 5.74) is 0.138. The summed E-state index contributed by atoms with van der Waals surface area (Å²) in [7, 11) is 0. The van der Waals surface area contributed by atoms with Crippen molar-refractivity contribution in [3.8, 4) is 0 Å². The lowest BCUT2D eigenvalue weighted by atomic mass is 10.1. The molecule has 0 bridgehead atoms. The van der Waals surface area contributed by atoms with Gasteiger partial charge in [-0.3, -0.25) is 4.79 Å². The highest BCUT2D eigenvalue weighted by Gasteiger charge is 2.24. The Hall–Kier alpha value is -1.42. The first-order valence-corrected chi connectivity index (χ1v) is 4.12. The number of alkyl halides is 1. The number of halogens is 2. The second kappa shape index (κ2) is 4.19. The van der Waals surface area contributed by atoms with Gasteiger partial charge in [0, 0.05) is 0 Å². The van der Waals surface area contributed by atoms with Gasteiger partial charge in [-0.25, -0.2) is 9.18 Å². The highest BCUT2D eigenvalue weighted by molar-refractivity contribution is 6.47. The van der Waals surface area contributed by atoms with Crippen molar-refractivity contribution in [1.82, 2.24) is 0 Å². The average molecular weight is 217 g/mol. The van der Waals surface area contributed by atoms with Crippen molar-refractivity contribution in [2.45, 2.75) is 5.38 Å². The first kappa shape index (κ1) is 10.7. The van der Waals surface area contributed by atoms with Gasteiger partial charge in [-0.2, -0.15) is 0 Å². The van der Waals surface area contributed by atoms with E-state index in [1.807, 2.05) is 0 Å². The summed E-state index contributed by atoms with van der Waals surface area (Å²) in [6.07, 6.45) is 0. The van der Waals surface area contributed by atoms with Gasteiger partial charge in [-0.05, 0) is 17.7 Å². The number of carboxylic acids is 1. The molecule has 1 unspecified atom stereocenters. The van der Waals surface area contributed by atoms with E-state index in [9.17, 15) is 14.0 Å². The quantitative estimate of drug-likeness (QED) is 0.619. The minimum absolute atomic E-state index is 0.138. The van der Waals surface area contributed by atoms with Crippen LogP contribution in [0.4, 0.5) is 4.39 Å². The zero-order chi connectivity index (χ0) is 10.7. The molecule has 0 aliphatic heterocycles. The van der Waals surface area contributed by atoms with Crippen molar-refractivity contribution in [3.05, 3.63) is 35.6 Å². The smallest absolute Gasteiger partial charge is 0.374 e. The molecule has 0 heterocycles. The molecular formula is C9H6ClFO3. The molecule has 0 saturated heterocycles. The van der Waals surface area contributed by atoms with Crippen LogP contribution in [0.2, 0.25) is 0 Å². The highest BCUT2D eigenvalue weighted by Crippen LogP contribution is 2.21. The van der Waals surface area contributed by atoms with Gasteiger partial charge < -0.3 is 5.11 Å². The van der Waals surface area contributed by atoms with Gasteiger partial charge in [0.25, 0.3) is 5.78 Å². The second-order valence-electron chi connectivity index (χ2n) is 2.59. The summed E-state index contributed by atoms with van der Waals surface area (Å²) >= 11 is 5.53. The molecule has 0 amide bonds. The van der Waals surface area contributed by atoms with E-state index in [4.69, 9.17) is 16.7 Å². The fourth-order valence-corrected chi connectivity index (χ4v) is 1.15. The minimum Gasteiger partial charge on any atom is -0.475 e. The van der Waals surface area contributed by atoms with E-state index in [1.54, 1.807) is 0 Å². The van der Waals surface area contributed by atoms with E-state index >= 15 is 0 Å². The predicted octanol–water partition coefficient (Wildman–Crippen LogP) is 1.76. The second-order valence-corrected chi connectivity index (χ2v) is 3.02. The minimum atomic E-state index is -1.63. The third-order valence-electron chi connectivity index (χ3n) is 1.58. The molecule has 3 nitrogen and oxygen atoms in total. The SMILES string of the molecule is O=C(O)C(=O)C(Cl)c1cccc(F)c1.